The maximum Gasteiger partial charge on any atom is 0.248 e. The molecule has 0 aromatic carbocycles. The highest BCUT2D eigenvalue weighted by Crippen LogP contribution is 2.47. The molecule has 1 heterocycles. The molecule has 0 aromatic rings. The van der Waals surface area contributed by atoms with Crippen LogP contribution in [0.15, 0.2) is 0 Å². The van der Waals surface area contributed by atoms with Crippen LogP contribution in [-0.2, 0) is 14.3 Å². The summed E-state index contributed by atoms with van der Waals surface area (Å²) in [6.45, 7) is 4.85. The fourth-order valence-electron chi connectivity index (χ4n) is 4.39. The number of amides is 2. The first kappa shape index (κ1) is 14.8. The highest BCUT2D eigenvalue weighted by molar-refractivity contribution is 5.94. The lowest BCUT2D eigenvalue weighted by atomic mass is 9.63. The van der Waals surface area contributed by atoms with Gasteiger partial charge in [0.25, 0.3) is 0 Å². The number of hydrogen-bond donors (Lipinski definition) is 1. The largest absolute Gasteiger partial charge is 0.381 e. The van der Waals surface area contributed by atoms with Crippen molar-refractivity contribution in [2.45, 2.75) is 70.1 Å². The van der Waals surface area contributed by atoms with E-state index in [0.717, 1.165) is 32.1 Å². The molecule has 2 saturated carbocycles. The Morgan fingerprint density at radius 3 is 2.48 bits per heavy atom. The highest BCUT2D eigenvalue weighted by Gasteiger charge is 2.56. The molecule has 0 aromatic heterocycles. The summed E-state index contributed by atoms with van der Waals surface area (Å²) in [5, 5.41) is 3.03. The smallest absolute Gasteiger partial charge is 0.248 e. The van der Waals surface area contributed by atoms with Crippen molar-refractivity contribution >= 4 is 11.8 Å². The maximum atomic E-state index is 13.1. The first-order valence-corrected chi connectivity index (χ1v) is 8.05. The summed E-state index contributed by atoms with van der Waals surface area (Å²) < 4.78 is 5.51. The van der Waals surface area contributed by atoms with E-state index < -0.39 is 5.54 Å². The molecule has 2 amide bonds. The van der Waals surface area contributed by atoms with Crippen LogP contribution in [0.25, 0.3) is 0 Å². The molecule has 21 heavy (non-hydrogen) atoms. The molecule has 3 fully saturated rings. The Kier molecular flexibility index (Phi) is 3.51. The lowest BCUT2D eigenvalue weighted by molar-refractivity contribution is -0.165. The third-order valence-electron chi connectivity index (χ3n) is 5.87. The van der Waals surface area contributed by atoms with Gasteiger partial charge in [-0.25, -0.2) is 0 Å². The second-order valence-corrected chi connectivity index (χ2v) is 7.38. The van der Waals surface area contributed by atoms with Crippen molar-refractivity contribution in [3.05, 3.63) is 0 Å². The zero-order chi connectivity index (χ0) is 15.3. The van der Waals surface area contributed by atoms with Crippen LogP contribution < -0.4 is 5.32 Å². The van der Waals surface area contributed by atoms with E-state index in [4.69, 9.17) is 4.74 Å². The molecule has 5 heteroatoms. The van der Waals surface area contributed by atoms with Crippen LogP contribution in [0.3, 0.4) is 0 Å². The van der Waals surface area contributed by atoms with Gasteiger partial charge in [-0.3, -0.25) is 9.59 Å². The molecule has 3 rings (SSSR count). The minimum absolute atomic E-state index is 0.0215. The van der Waals surface area contributed by atoms with Gasteiger partial charge in [-0.15, -0.1) is 0 Å². The zero-order valence-corrected chi connectivity index (χ0v) is 13.3. The topological polar surface area (TPSA) is 58.6 Å². The number of hydrogen-bond acceptors (Lipinski definition) is 3. The second-order valence-electron chi connectivity index (χ2n) is 7.38. The van der Waals surface area contributed by atoms with Gasteiger partial charge in [0.1, 0.15) is 5.54 Å². The molecule has 118 valence electrons. The fourth-order valence-corrected chi connectivity index (χ4v) is 4.39. The van der Waals surface area contributed by atoms with Crippen molar-refractivity contribution in [2.75, 3.05) is 13.7 Å². The van der Waals surface area contributed by atoms with Crippen molar-refractivity contribution in [1.29, 1.82) is 0 Å². The summed E-state index contributed by atoms with van der Waals surface area (Å²) in [5.41, 5.74) is -0.667. The molecule has 0 radical (unpaired) electrons. The van der Waals surface area contributed by atoms with E-state index in [0.29, 0.717) is 13.0 Å². The number of carbonyl (C=O) groups excluding carboxylic acids is 2. The van der Waals surface area contributed by atoms with Crippen LogP contribution in [0.2, 0.25) is 0 Å². The molecule has 3 aliphatic rings. The molecule has 2 aliphatic carbocycles. The Morgan fingerprint density at radius 2 is 1.90 bits per heavy atom. The van der Waals surface area contributed by atoms with E-state index in [-0.39, 0.29) is 29.4 Å². The van der Waals surface area contributed by atoms with Crippen molar-refractivity contribution in [3.8, 4) is 0 Å². The molecule has 2 atom stereocenters. The number of ether oxygens (including phenoxy) is 1. The molecule has 1 spiro atoms. The number of methoxy groups -OCH3 is 1. The first-order chi connectivity index (χ1) is 9.90. The predicted molar refractivity (Wildman–Crippen MR) is 78.7 cm³/mol. The summed E-state index contributed by atoms with van der Waals surface area (Å²) in [4.78, 5) is 27.1. The van der Waals surface area contributed by atoms with E-state index in [2.05, 4.69) is 19.2 Å². The Hall–Kier alpha value is -1.10. The van der Waals surface area contributed by atoms with Crippen LogP contribution in [0.4, 0.5) is 0 Å². The van der Waals surface area contributed by atoms with Gasteiger partial charge in [0, 0.05) is 31.5 Å². The average Bonchev–Trinajstić information content (AvgIpc) is 2.86. The van der Waals surface area contributed by atoms with Crippen molar-refractivity contribution in [1.82, 2.24) is 10.2 Å². The van der Waals surface area contributed by atoms with E-state index in [1.165, 1.54) is 0 Å². The van der Waals surface area contributed by atoms with Gasteiger partial charge in [0.05, 0.1) is 6.10 Å². The minimum atomic E-state index is -0.623. The van der Waals surface area contributed by atoms with E-state index >= 15 is 0 Å². The Bertz CT molecular complexity index is 454. The number of rotatable bonds is 2. The summed E-state index contributed by atoms with van der Waals surface area (Å²) in [6.07, 6.45) is 5.10. The van der Waals surface area contributed by atoms with Crippen molar-refractivity contribution < 1.29 is 14.3 Å². The van der Waals surface area contributed by atoms with Crippen LogP contribution in [0, 0.1) is 5.41 Å². The van der Waals surface area contributed by atoms with Gasteiger partial charge in [-0.05, 0) is 19.3 Å². The average molecular weight is 294 g/mol. The van der Waals surface area contributed by atoms with Gasteiger partial charge in [-0.1, -0.05) is 26.7 Å². The summed E-state index contributed by atoms with van der Waals surface area (Å²) in [6, 6.07) is 0.181. The molecule has 1 aliphatic heterocycles. The number of carbonyl (C=O) groups is 2. The minimum Gasteiger partial charge on any atom is -0.381 e. The van der Waals surface area contributed by atoms with E-state index in [1.807, 2.05) is 4.90 Å². The first-order valence-electron chi connectivity index (χ1n) is 8.05. The van der Waals surface area contributed by atoms with Gasteiger partial charge >= 0.3 is 0 Å². The predicted octanol–water partition coefficient (Wildman–Crippen LogP) is 1.46. The Labute approximate surface area is 126 Å². The van der Waals surface area contributed by atoms with Crippen molar-refractivity contribution in [2.24, 2.45) is 5.41 Å². The van der Waals surface area contributed by atoms with Crippen LogP contribution in [0.5, 0.6) is 0 Å². The lowest BCUT2D eigenvalue weighted by Crippen LogP contribution is -2.66. The summed E-state index contributed by atoms with van der Waals surface area (Å²) in [7, 11) is 1.73. The Morgan fingerprint density at radius 1 is 1.24 bits per heavy atom. The second kappa shape index (κ2) is 4.97. The SMILES string of the molecule is COC1CC(N2CCC(=O)NC3(CCCC3)C2=O)C1(C)C. The van der Waals surface area contributed by atoms with Crippen LogP contribution in [0.1, 0.15) is 52.4 Å². The van der Waals surface area contributed by atoms with Gasteiger partial charge in [0.2, 0.25) is 11.8 Å². The molecule has 2 unspecified atom stereocenters. The Balaban J connectivity index is 1.85. The molecule has 5 nitrogen and oxygen atoms in total. The van der Waals surface area contributed by atoms with E-state index in [9.17, 15) is 9.59 Å². The highest BCUT2D eigenvalue weighted by atomic mass is 16.5. The lowest BCUT2D eigenvalue weighted by Gasteiger charge is -2.56. The summed E-state index contributed by atoms with van der Waals surface area (Å²) in [5.74, 6) is 0.159. The third kappa shape index (κ3) is 2.17. The maximum absolute atomic E-state index is 13.1. The normalized spacial score (nSPS) is 34.5. The van der Waals surface area contributed by atoms with Gasteiger partial charge < -0.3 is 15.0 Å². The monoisotopic (exact) mass is 294 g/mol. The molecular weight excluding hydrogens is 268 g/mol. The molecule has 0 bridgehead atoms. The third-order valence-corrected chi connectivity index (χ3v) is 5.87. The van der Waals surface area contributed by atoms with Crippen molar-refractivity contribution in [3.63, 3.8) is 0 Å². The van der Waals surface area contributed by atoms with E-state index in [1.54, 1.807) is 7.11 Å². The van der Waals surface area contributed by atoms with Crippen LogP contribution in [-0.4, -0.2) is 48.1 Å². The zero-order valence-electron chi connectivity index (χ0n) is 13.3. The summed E-state index contributed by atoms with van der Waals surface area (Å²) >= 11 is 0. The number of nitrogens with zero attached hydrogens (tertiary/aromatic N) is 1. The quantitative estimate of drug-likeness (QED) is 0.839. The van der Waals surface area contributed by atoms with Crippen LogP contribution >= 0.6 is 0 Å². The number of nitrogens with one attached hydrogen (secondary N) is 1. The standard InChI is InChI=1S/C16H26N2O3/c1-15(2)11(10-12(15)21-3)18-9-6-13(19)17-16(14(18)20)7-4-5-8-16/h11-12H,4-10H2,1-3H3,(H,17,19). The fraction of sp³-hybridized carbons (Fsp3) is 0.875. The molecule has 1 saturated heterocycles. The molecular formula is C16H26N2O3. The van der Waals surface area contributed by atoms with Gasteiger partial charge in [0.15, 0.2) is 0 Å². The van der Waals surface area contributed by atoms with Gasteiger partial charge in [-0.2, -0.15) is 0 Å². The molecule has 1 N–H and O–H groups in total.